The SMILES string of the molecule is C[C@H](O)CNS(=O)(=O)c1ccc(CNC(=O)c2cncc3c2cnn3-c2ccc(F)cc2)cc1. The van der Waals surface area contributed by atoms with Crippen molar-refractivity contribution in [1.82, 2.24) is 24.8 Å². The number of aromatic nitrogens is 3. The predicted octanol–water partition coefficient (Wildman–Crippen LogP) is 2.15. The van der Waals surface area contributed by atoms with Crippen molar-refractivity contribution in [2.24, 2.45) is 0 Å². The second-order valence-corrected chi connectivity index (χ2v) is 9.45. The molecule has 1 amide bonds. The maximum atomic E-state index is 13.2. The Morgan fingerprint density at radius 3 is 2.47 bits per heavy atom. The van der Waals surface area contributed by atoms with Crippen LogP contribution in [0.1, 0.15) is 22.8 Å². The Balaban J connectivity index is 1.47. The van der Waals surface area contributed by atoms with Crippen molar-refractivity contribution in [3.05, 3.63) is 84.1 Å². The number of aliphatic hydroxyl groups is 1. The van der Waals surface area contributed by atoms with Crippen molar-refractivity contribution < 1.29 is 22.7 Å². The summed E-state index contributed by atoms with van der Waals surface area (Å²) in [7, 11) is -3.73. The van der Waals surface area contributed by atoms with Crippen LogP contribution in [-0.2, 0) is 16.6 Å². The summed E-state index contributed by atoms with van der Waals surface area (Å²) in [4.78, 5) is 17.0. The number of carbonyl (C=O) groups excluding carboxylic acids is 1. The number of hydrogen-bond acceptors (Lipinski definition) is 6. The van der Waals surface area contributed by atoms with Gasteiger partial charge >= 0.3 is 0 Å². The van der Waals surface area contributed by atoms with Gasteiger partial charge in [0.1, 0.15) is 5.82 Å². The number of hydrogen-bond donors (Lipinski definition) is 3. The zero-order valence-corrected chi connectivity index (χ0v) is 19.0. The van der Waals surface area contributed by atoms with Gasteiger partial charge in [-0.25, -0.2) is 22.2 Å². The number of aliphatic hydroxyl groups excluding tert-OH is 1. The van der Waals surface area contributed by atoms with Gasteiger partial charge in [-0.2, -0.15) is 5.10 Å². The first kappa shape index (κ1) is 23.5. The molecule has 11 heteroatoms. The third-order valence-corrected chi connectivity index (χ3v) is 6.51. The van der Waals surface area contributed by atoms with E-state index in [9.17, 15) is 22.7 Å². The molecule has 0 spiro atoms. The smallest absolute Gasteiger partial charge is 0.253 e. The van der Waals surface area contributed by atoms with Gasteiger partial charge in [-0.3, -0.25) is 9.78 Å². The Kier molecular flexibility index (Phi) is 6.68. The normalized spacial score (nSPS) is 12.6. The van der Waals surface area contributed by atoms with E-state index in [0.29, 0.717) is 27.7 Å². The number of pyridine rings is 1. The lowest BCUT2D eigenvalue weighted by atomic mass is 10.1. The molecule has 176 valence electrons. The van der Waals surface area contributed by atoms with Crippen LogP contribution in [0.25, 0.3) is 16.6 Å². The third-order valence-electron chi connectivity index (χ3n) is 5.07. The summed E-state index contributed by atoms with van der Waals surface area (Å²) in [5.74, 6) is -0.730. The molecule has 0 radical (unpaired) electrons. The zero-order valence-electron chi connectivity index (χ0n) is 18.1. The number of nitrogens with one attached hydrogen (secondary N) is 2. The molecular weight excluding hydrogens is 461 g/mol. The van der Waals surface area contributed by atoms with E-state index in [-0.39, 0.29) is 29.7 Å². The first-order chi connectivity index (χ1) is 16.2. The van der Waals surface area contributed by atoms with E-state index in [2.05, 4.69) is 20.1 Å². The minimum atomic E-state index is -3.73. The molecule has 0 aliphatic rings. The number of rotatable bonds is 8. The minimum Gasteiger partial charge on any atom is -0.392 e. The van der Waals surface area contributed by atoms with Crippen molar-refractivity contribution in [3.63, 3.8) is 0 Å². The van der Waals surface area contributed by atoms with Crippen molar-refractivity contribution in [2.75, 3.05) is 6.54 Å². The van der Waals surface area contributed by atoms with E-state index in [1.165, 1.54) is 37.4 Å². The summed E-state index contributed by atoms with van der Waals surface area (Å²) in [6.45, 7) is 1.57. The summed E-state index contributed by atoms with van der Waals surface area (Å²) in [5, 5.41) is 17.0. The molecule has 0 aliphatic carbocycles. The number of carbonyl (C=O) groups is 1. The van der Waals surface area contributed by atoms with Crippen LogP contribution in [0, 0.1) is 5.82 Å². The summed E-state index contributed by atoms with van der Waals surface area (Å²) < 4.78 is 41.6. The van der Waals surface area contributed by atoms with Crippen LogP contribution in [-0.4, -0.2) is 46.8 Å². The number of benzene rings is 2. The molecule has 2 aromatic carbocycles. The quantitative estimate of drug-likeness (QED) is 0.353. The van der Waals surface area contributed by atoms with Crippen LogP contribution in [0.2, 0.25) is 0 Å². The topological polar surface area (TPSA) is 126 Å². The van der Waals surface area contributed by atoms with Gasteiger partial charge in [0, 0.05) is 24.7 Å². The molecule has 2 heterocycles. The number of nitrogens with zero attached hydrogens (tertiary/aromatic N) is 3. The number of fused-ring (bicyclic) bond motifs is 1. The van der Waals surface area contributed by atoms with E-state index in [0.717, 1.165) is 0 Å². The van der Waals surface area contributed by atoms with Crippen LogP contribution in [0.15, 0.2) is 72.0 Å². The van der Waals surface area contributed by atoms with Gasteiger partial charge in [-0.1, -0.05) is 12.1 Å². The molecule has 3 N–H and O–H groups in total. The van der Waals surface area contributed by atoms with Gasteiger partial charge in [-0.15, -0.1) is 0 Å². The third kappa shape index (κ3) is 5.11. The van der Waals surface area contributed by atoms with Gasteiger partial charge in [-0.05, 0) is 48.9 Å². The standard InChI is InChI=1S/C23H22FN5O4S/c1-15(30)10-28-34(32,33)19-8-2-16(3-9-19)11-26-23(31)21-12-25-14-22-20(21)13-27-29(22)18-6-4-17(24)5-7-18/h2-9,12-15,28,30H,10-11H2,1H3,(H,26,31)/t15-/m0/s1. The summed E-state index contributed by atoms with van der Waals surface area (Å²) >= 11 is 0. The maximum absolute atomic E-state index is 13.2. The molecule has 1 atom stereocenters. The van der Waals surface area contributed by atoms with Crippen molar-refractivity contribution in [3.8, 4) is 5.69 Å². The molecule has 0 fully saturated rings. The number of amides is 1. The molecule has 0 saturated carbocycles. The first-order valence-corrected chi connectivity index (χ1v) is 11.9. The highest BCUT2D eigenvalue weighted by Gasteiger charge is 2.16. The largest absolute Gasteiger partial charge is 0.392 e. The number of sulfonamides is 1. The molecule has 4 aromatic rings. The van der Waals surface area contributed by atoms with E-state index in [1.807, 2.05) is 0 Å². The van der Waals surface area contributed by atoms with Crippen molar-refractivity contribution >= 4 is 26.8 Å². The van der Waals surface area contributed by atoms with Crippen molar-refractivity contribution in [2.45, 2.75) is 24.5 Å². The molecular formula is C23H22FN5O4S. The fourth-order valence-corrected chi connectivity index (χ4v) is 4.41. The van der Waals surface area contributed by atoms with E-state index in [1.54, 1.807) is 41.3 Å². The molecule has 9 nitrogen and oxygen atoms in total. The van der Waals surface area contributed by atoms with E-state index >= 15 is 0 Å². The molecule has 0 aliphatic heterocycles. The Morgan fingerprint density at radius 1 is 1.09 bits per heavy atom. The van der Waals surface area contributed by atoms with Crippen LogP contribution < -0.4 is 10.0 Å². The van der Waals surface area contributed by atoms with Gasteiger partial charge in [0.2, 0.25) is 10.0 Å². The highest BCUT2D eigenvalue weighted by atomic mass is 32.2. The second kappa shape index (κ2) is 9.67. The maximum Gasteiger partial charge on any atom is 0.253 e. The molecule has 34 heavy (non-hydrogen) atoms. The molecule has 4 rings (SSSR count). The predicted molar refractivity (Wildman–Crippen MR) is 123 cm³/mol. The van der Waals surface area contributed by atoms with Gasteiger partial charge < -0.3 is 10.4 Å². The second-order valence-electron chi connectivity index (χ2n) is 7.68. The van der Waals surface area contributed by atoms with Gasteiger partial charge in [0.15, 0.2) is 0 Å². The Bertz CT molecular complexity index is 1420. The van der Waals surface area contributed by atoms with E-state index < -0.39 is 16.1 Å². The highest BCUT2D eigenvalue weighted by Crippen LogP contribution is 2.21. The Hall–Kier alpha value is -3.67. The molecule has 0 bridgehead atoms. The van der Waals surface area contributed by atoms with Gasteiger partial charge in [0.25, 0.3) is 5.91 Å². The molecule has 0 unspecified atom stereocenters. The highest BCUT2D eigenvalue weighted by molar-refractivity contribution is 7.89. The number of halogens is 1. The van der Waals surface area contributed by atoms with Crippen LogP contribution in [0.4, 0.5) is 4.39 Å². The molecule has 2 aromatic heterocycles. The lowest BCUT2D eigenvalue weighted by Gasteiger charge is -2.10. The van der Waals surface area contributed by atoms with E-state index in [4.69, 9.17) is 0 Å². The average molecular weight is 484 g/mol. The van der Waals surface area contributed by atoms with Crippen LogP contribution in [0.3, 0.4) is 0 Å². The fourth-order valence-electron chi connectivity index (χ4n) is 3.29. The average Bonchev–Trinajstić information content (AvgIpc) is 3.26. The monoisotopic (exact) mass is 483 g/mol. The Morgan fingerprint density at radius 2 is 1.79 bits per heavy atom. The first-order valence-electron chi connectivity index (χ1n) is 10.4. The van der Waals surface area contributed by atoms with Crippen LogP contribution in [0.5, 0.6) is 0 Å². The fraction of sp³-hybridized carbons (Fsp3) is 0.174. The minimum absolute atomic E-state index is 0.0606. The summed E-state index contributed by atoms with van der Waals surface area (Å²) in [6, 6.07) is 11.9. The van der Waals surface area contributed by atoms with Gasteiger partial charge in [0.05, 0.1) is 40.2 Å². The lowest BCUT2D eigenvalue weighted by Crippen LogP contribution is -2.30. The summed E-state index contributed by atoms with van der Waals surface area (Å²) in [6.07, 6.45) is 3.77. The molecule has 0 saturated heterocycles. The van der Waals surface area contributed by atoms with Crippen molar-refractivity contribution in [1.29, 1.82) is 0 Å². The summed E-state index contributed by atoms with van der Waals surface area (Å²) in [5.41, 5.74) is 2.25. The van der Waals surface area contributed by atoms with Crippen LogP contribution >= 0.6 is 0 Å². The lowest BCUT2D eigenvalue weighted by molar-refractivity contribution is 0.0952. The zero-order chi connectivity index (χ0) is 24.3. The Labute approximate surface area is 195 Å².